The molecule has 1 atom stereocenters. The third kappa shape index (κ3) is 22.1. The van der Waals surface area contributed by atoms with Gasteiger partial charge in [0.15, 0.2) is 0 Å². The first-order valence-corrected chi connectivity index (χ1v) is 13.9. The second-order valence-electron chi connectivity index (χ2n) is 9.39. The Morgan fingerprint density at radius 2 is 0.906 bits per heavy atom. The van der Waals surface area contributed by atoms with E-state index in [2.05, 4.69) is 20.8 Å². The van der Waals surface area contributed by atoms with Gasteiger partial charge in [-0.15, -0.1) is 0 Å². The molecular weight excluding hydrogens is 400 g/mol. The van der Waals surface area contributed by atoms with Crippen LogP contribution in [0.2, 0.25) is 0 Å². The van der Waals surface area contributed by atoms with Crippen molar-refractivity contribution in [3.8, 4) is 0 Å². The Morgan fingerprint density at radius 1 is 0.531 bits per heavy atom. The smallest absolute Gasteiger partial charge is 0.305 e. The van der Waals surface area contributed by atoms with E-state index in [1.54, 1.807) is 0 Å². The quantitative estimate of drug-likeness (QED) is 0.108. The van der Waals surface area contributed by atoms with Gasteiger partial charge in [0.25, 0.3) is 0 Å². The minimum atomic E-state index is -0.0196. The van der Waals surface area contributed by atoms with Gasteiger partial charge >= 0.3 is 11.9 Å². The highest BCUT2D eigenvalue weighted by molar-refractivity contribution is 5.69. The van der Waals surface area contributed by atoms with E-state index in [0.717, 1.165) is 57.3 Å². The molecule has 0 saturated carbocycles. The van der Waals surface area contributed by atoms with Crippen LogP contribution in [0.4, 0.5) is 0 Å². The predicted molar refractivity (Wildman–Crippen MR) is 135 cm³/mol. The highest BCUT2D eigenvalue weighted by Gasteiger charge is 2.07. The van der Waals surface area contributed by atoms with E-state index < -0.39 is 0 Å². The summed E-state index contributed by atoms with van der Waals surface area (Å²) in [4.78, 5) is 23.1. The molecule has 4 heteroatoms. The number of rotatable bonds is 24. The summed E-state index contributed by atoms with van der Waals surface area (Å²) in [5.41, 5.74) is 0. The molecule has 0 radical (unpaired) electrons. The molecule has 0 aliphatic heterocycles. The Balaban J connectivity index is 3.43. The topological polar surface area (TPSA) is 52.6 Å². The van der Waals surface area contributed by atoms with Crippen molar-refractivity contribution in [2.24, 2.45) is 5.92 Å². The SMILES string of the molecule is CCCCOC(=O)CCCCCCCCCCC(CC)CCCCCC(=O)OCCCC. The fourth-order valence-corrected chi connectivity index (χ4v) is 4.00. The van der Waals surface area contributed by atoms with Crippen LogP contribution in [0, 0.1) is 5.92 Å². The zero-order valence-electron chi connectivity index (χ0n) is 21.8. The van der Waals surface area contributed by atoms with Gasteiger partial charge in [-0.2, -0.15) is 0 Å². The number of unbranched alkanes of at least 4 members (excludes halogenated alkanes) is 11. The van der Waals surface area contributed by atoms with Crippen LogP contribution >= 0.6 is 0 Å². The summed E-state index contributed by atoms with van der Waals surface area (Å²) in [6, 6.07) is 0. The molecule has 4 nitrogen and oxygen atoms in total. The molecule has 0 bridgehead atoms. The number of hydrogen-bond donors (Lipinski definition) is 0. The molecule has 0 aliphatic carbocycles. The average Bonchev–Trinajstić information content (AvgIpc) is 2.79. The van der Waals surface area contributed by atoms with E-state index in [1.807, 2.05) is 0 Å². The van der Waals surface area contributed by atoms with E-state index in [0.29, 0.717) is 26.1 Å². The third-order valence-corrected chi connectivity index (χ3v) is 6.34. The van der Waals surface area contributed by atoms with Crippen LogP contribution in [0.5, 0.6) is 0 Å². The van der Waals surface area contributed by atoms with Gasteiger partial charge in [0, 0.05) is 12.8 Å². The lowest BCUT2D eigenvalue weighted by Crippen LogP contribution is -2.05. The number of carbonyl (C=O) groups is 2. The van der Waals surface area contributed by atoms with Gasteiger partial charge in [-0.1, -0.05) is 111 Å². The third-order valence-electron chi connectivity index (χ3n) is 6.34. The molecule has 0 fully saturated rings. The van der Waals surface area contributed by atoms with Crippen LogP contribution in [0.3, 0.4) is 0 Å². The molecule has 0 saturated heterocycles. The summed E-state index contributed by atoms with van der Waals surface area (Å²) in [6.07, 6.45) is 22.6. The molecule has 0 aliphatic rings. The van der Waals surface area contributed by atoms with Gasteiger partial charge in [0.1, 0.15) is 0 Å². The first-order valence-electron chi connectivity index (χ1n) is 13.9. The van der Waals surface area contributed by atoms with Crippen LogP contribution < -0.4 is 0 Å². The van der Waals surface area contributed by atoms with Gasteiger partial charge in [-0.3, -0.25) is 9.59 Å². The van der Waals surface area contributed by atoms with E-state index in [-0.39, 0.29) is 11.9 Å². The van der Waals surface area contributed by atoms with Gasteiger partial charge in [0.2, 0.25) is 0 Å². The number of hydrogen-bond acceptors (Lipinski definition) is 4. The molecule has 0 amide bonds. The first kappa shape index (κ1) is 30.9. The average molecular weight is 455 g/mol. The minimum absolute atomic E-state index is 0.0181. The molecule has 0 rings (SSSR count). The second kappa shape index (κ2) is 24.6. The summed E-state index contributed by atoms with van der Waals surface area (Å²) < 4.78 is 10.4. The number of ether oxygens (including phenoxy) is 2. The summed E-state index contributed by atoms with van der Waals surface area (Å²) in [5.74, 6) is 0.813. The summed E-state index contributed by atoms with van der Waals surface area (Å²) in [6.45, 7) is 7.70. The maximum Gasteiger partial charge on any atom is 0.305 e. The fourth-order valence-electron chi connectivity index (χ4n) is 4.00. The van der Waals surface area contributed by atoms with Crippen LogP contribution in [0.25, 0.3) is 0 Å². The van der Waals surface area contributed by atoms with Gasteiger partial charge in [-0.05, 0) is 31.6 Å². The highest BCUT2D eigenvalue weighted by atomic mass is 16.5. The molecule has 1 unspecified atom stereocenters. The fraction of sp³-hybridized carbons (Fsp3) is 0.929. The Hall–Kier alpha value is -1.06. The zero-order chi connectivity index (χ0) is 23.7. The maximum atomic E-state index is 11.6. The van der Waals surface area contributed by atoms with Crippen molar-refractivity contribution in [3.05, 3.63) is 0 Å². The van der Waals surface area contributed by atoms with E-state index in [9.17, 15) is 9.59 Å². The Morgan fingerprint density at radius 3 is 1.31 bits per heavy atom. The summed E-state index contributed by atoms with van der Waals surface area (Å²) in [7, 11) is 0. The van der Waals surface area contributed by atoms with Gasteiger partial charge in [0.05, 0.1) is 13.2 Å². The molecule has 0 aromatic heterocycles. The van der Waals surface area contributed by atoms with E-state index >= 15 is 0 Å². The standard InChI is InChI=1S/C28H54O4/c1-4-7-24-31-27(29)22-18-14-12-10-9-11-13-16-20-26(6-3)21-17-15-19-23-28(30)32-25-8-5-2/h26H,4-25H2,1-3H3. The van der Waals surface area contributed by atoms with Crippen molar-refractivity contribution >= 4 is 11.9 Å². The number of carbonyl (C=O) groups excluding carboxylic acids is 2. The Labute approximate surface area is 199 Å². The molecule has 0 heterocycles. The van der Waals surface area contributed by atoms with Gasteiger partial charge in [-0.25, -0.2) is 0 Å². The zero-order valence-corrected chi connectivity index (χ0v) is 21.8. The minimum Gasteiger partial charge on any atom is -0.466 e. The number of esters is 2. The molecule has 0 aromatic carbocycles. The predicted octanol–water partition coefficient (Wildman–Crippen LogP) is 8.55. The molecular formula is C28H54O4. The van der Waals surface area contributed by atoms with Crippen LogP contribution in [0.1, 0.15) is 149 Å². The van der Waals surface area contributed by atoms with Gasteiger partial charge < -0.3 is 9.47 Å². The summed E-state index contributed by atoms with van der Waals surface area (Å²) >= 11 is 0. The molecule has 0 N–H and O–H groups in total. The first-order chi connectivity index (χ1) is 15.6. The van der Waals surface area contributed by atoms with Crippen LogP contribution in [0.15, 0.2) is 0 Å². The Kier molecular flexibility index (Phi) is 23.8. The van der Waals surface area contributed by atoms with E-state index in [1.165, 1.54) is 64.2 Å². The molecule has 0 aromatic rings. The second-order valence-corrected chi connectivity index (χ2v) is 9.39. The largest absolute Gasteiger partial charge is 0.466 e. The van der Waals surface area contributed by atoms with Crippen molar-refractivity contribution < 1.29 is 19.1 Å². The lowest BCUT2D eigenvalue weighted by atomic mass is 9.92. The normalized spacial score (nSPS) is 12.0. The Bertz CT molecular complexity index is 422. The molecule has 190 valence electrons. The van der Waals surface area contributed by atoms with Crippen molar-refractivity contribution in [1.29, 1.82) is 0 Å². The lowest BCUT2D eigenvalue weighted by molar-refractivity contribution is -0.144. The van der Waals surface area contributed by atoms with Crippen molar-refractivity contribution in [3.63, 3.8) is 0 Å². The monoisotopic (exact) mass is 454 g/mol. The van der Waals surface area contributed by atoms with Crippen molar-refractivity contribution in [2.45, 2.75) is 149 Å². The van der Waals surface area contributed by atoms with Crippen molar-refractivity contribution in [1.82, 2.24) is 0 Å². The lowest BCUT2D eigenvalue weighted by Gasteiger charge is -2.14. The summed E-state index contributed by atoms with van der Waals surface area (Å²) in [5, 5.41) is 0. The van der Waals surface area contributed by atoms with Crippen LogP contribution in [-0.4, -0.2) is 25.2 Å². The maximum absolute atomic E-state index is 11.6. The van der Waals surface area contributed by atoms with E-state index in [4.69, 9.17) is 9.47 Å². The molecule has 32 heavy (non-hydrogen) atoms. The highest BCUT2D eigenvalue weighted by Crippen LogP contribution is 2.21. The molecule has 0 spiro atoms. The van der Waals surface area contributed by atoms with Crippen LogP contribution in [-0.2, 0) is 19.1 Å². The van der Waals surface area contributed by atoms with Crippen molar-refractivity contribution in [2.75, 3.05) is 13.2 Å².